The van der Waals surface area contributed by atoms with Crippen molar-refractivity contribution in [2.75, 3.05) is 0 Å². The number of aromatic hydroxyl groups is 1. The van der Waals surface area contributed by atoms with Crippen molar-refractivity contribution < 1.29 is 57.9 Å². The summed E-state index contributed by atoms with van der Waals surface area (Å²) >= 11 is 0. The molecule has 0 unspecified atom stereocenters. The fourth-order valence-electron chi connectivity index (χ4n) is 1.14. The topological polar surface area (TPSA) is 20.2 Å². The number of benzene rings is 1. The second-order valence-electron chi connectivity index (χ2n) is 3.22. The summed E-state index contributed by atoms with van der Waals surface area (Å²) in [5, 5.41) is 9.46. The number of phenols is 1. The van der Waals surface area contributed by atoms with Crippen LogP contribution in [0.5, 0.6) is 5.75 Å². The molecule has 0 saturated carbocycles. The van der Waals surface area contributed by atoms with Crippen LogP contribution in [0.15, 0.2) is 18.2 Å². The smallest absolute Gasteiger partial charge is 1.00 e. The molecule has 0 fully saturated rings. The molecule has 0 amide bonds. The first-order valence-electron chi connectivity index (χ1n) is 3.91. The second-order valence-corrected chi connectivity index (χ2v) is 3.22. The third-order valence-corrected chi connectivity index (χ3v) is 1.81. The summed E-state index contributed by atoms with van der Waals surface area (Å²) in [5.41, 5.74) is 2.13. The Labute approximate surface area is 118 Å². The molecule has 1 aromatic carbocycles. The van der Waals surface area contributed by atoms with Crippen molar-refractivity contribution in [1.82, 2.24) is 0 Å². The molecule has 12 heavy (non-hydrogen) atoms. The van der Waals surface area contributed by atoms with Gasteiger partial charge in [-0.15, -0.1) is 0 Å². The predicted molar refractivity (Wildman–Crippen MR) is 48.0 cm³/mol. The van der Waals surface area contributed by atoms with Crippen LogP contribution in [-0.2, 0) is 0 Å². The van der Waals surface area contributed by atoms with Crippen molar-refractivity contribution in [3.8, 4) is 5.75 Å². The van der Waals surface area contributed by atoms with Crippen LogP contribution in [0.4, 0.5) is 0 Å². The first-order valence-corrected chi connectivity index (χ1v) is 3.91. The van der Waals surface area contributed by atoms with Gasteiger partial charge in [-0.2, -0.15) is 0 Å². The third kappa shape index (κ3) is 3.19. The summed E-state index contributed by atoms with van der Waals surface area (Å²) in [5.74, 6) is 0.815. The van der Waals surface area contributed by atoms with E-state index in [1.165, 1.54) is 0 Å². The van der Waals surface area contributed by atoms with Crippen LogP contribution in [0, 0.1) is 6.92 Å². The van der Waals surface area contributed by atoms with Gasteiger partial charge in [0.1, 0.15) is 5.75 Å². The molecule has 1 aromatic rings. The Morgan fingerprint density at radius 1 is 1.33 bits per heavy atom. The monoisotopic (exact) mass is 190 g/mol. The number of aryl methyl sites for hydroxylation is 1. The SMILES string of the molecule is Cc1ccc(C(C)C)c(O)c1.[H-].[K+]. The standard InChI is InChI=1S/C10H14O.K.H/c1-7(2)9-5-4-8(3)6-10(9)11;;/h4-7,11H,1-3H3;;/q;+1;-1. The molecule has 0 aromatic heterocycles. The molecule has 1 nitrogen and oxygen atoms in total. The maximum atomic E-state index is 9.46. The van der Waals surface area contributed by atoms with E-state index in [4.69, 9.17) is 0 Å². The third-order valence-electron chi connectivity index (χ3n) is 1.81. The summed E-state index contributed by atoms with van der Waals surface area (Å²) in [7, 11) is 0. The predicted octanol–water partition coefficient (Wildman–Crippen LogP) is -0.0595. The number of phenolic OH excluding ortho intramolecular Hbond substituents is 1. The largest absolute Gasteiger partial charge is 1.00 e. The van der Waals surface area contributed by atoms with Gasteiger partial charge >= 0.3 is 51.4 Å². The Balaban J connectivity index is 0. The normalized spacial score (nSPS) is 9.67. The fraction of sp³-hybridized carbons (Fsp3) is 0.400. The van der Waals surface area contributed by atoms with Crippen molar-refractivity contribution >= 4 is 0 Å². The van der Waals surface area contributed by atoms with Gasteiger partial charge in [0, 0.05) is 0 Å². The van der Waals surface area contributed by atoms with E-state index in [0.29, 0.717) is 11.7 Å². The first-order chi connectivity index (χ1) is 5.11. The zero-order chi connectivity index (χ0) is 8.43. The minimum absolute atomic E-state index is 0. The van der Waals surface area contributed by atoms with Crippen molar-refractivity contribution in [2.45, 2.75) is 26.7 Å². The van der Waals surface area contributed by atoms with Crippen LogP contribution in [0.25, 0.3) is 0 Å². The van der Waals surface area contributed by atoms with E-state index >= 15 is 0 Å². The van der Waals surface area contributed by atoms with Gasteiger partial charge in [-0.25, -0.2) is 0 Å². The maximum absolute atomic E-state index is 9.46. The Bertz CT molecular complexity index is 261. The fourth-order valence-corrected chi connectivity index (χ4v) is 1.14. The van der Waals surface area contributed by atoms with Gasteiger partial charge in [-0.3, -0.25) is 0 Å². The molecule has 0 saturated heterocycles. The van der Waals surface area contributed by atoms with E-state index in [-0.39, 0.29) is 52.8 Å². The first kappa shape index (κ1) is 12.7. The van der Waals surface area contributed by atoms with Crippen molar-refractivity contribution in [3.05, 3.63) is 29.3 Å². The Hall–Kier alpha value is 0.656. The number of hydrogen-bond donors (Lipinski definition) is 1. The molecule has 1 N–H and O–H groups in total. The Morgan fingerprint density at radius 3 is 2.33 bits per heavy atom. The Kier molecular flexibility index (Phi) is 5.70. The van der Waals surface area contributed by atoms with E-state index in [0.717, 1.165) is 11.1 Å². The zero-order valence-electron chi connectivity index (χ0n) is 9.26. The van der Waals surface area contributed by atoms with Crippen LogP contribution in [-0.4, -0.2) is 5.11 Å². The molecule has 2 heteroatoms. The average molecular weight is 190 g/mol. The van der Waals surface area contributed by atoms with Gasteiger partial charge < -0.3 is 6.53 Å². The summed E-state index contributed by atoms with van der Waals surface area (Å²) in [4.78, 5) is 0. The van der Waals surface area contributed by atoms with Gasteiger partial charge in [0.25, 0.3) is 0 Å². The van der Waals surface area contributed by atoms with Gasteiger partial charge in [0.15, 0.2) is 0 Å². The molecular weight excluding hydrogens is 175 g/mol. The molecule has 0 atom stereocenters. The van der Waals surface area contributed by atoms with Gasteiger partial charge in [0.2, 0.25) is 0 Å². The van der Waals surface area contributed by atoms with Crippen LogP contribution in [0.2, 0.25) is 0 Å². The van der Waals surface area contributed by atoms with E-state index in [1.54, 1.807) is 6.07 Å². The van der Waals surface area contributed by atoms with Gasteiger partial charge in [-0.05, 0) is 30.0 Å². The molecule has 0 aliphatic carbocycles. The minimum Gasteiger partial charge on any atom is -1.00 e. The van der Waals surface area contributed by atoms with Crippen LogP contribution >= 0.6 is 0 Å². The molecule has 0 radical (unpaired) electrons. The van der Waals surface area contributed by atoms with Crippen molar-refractivity contribution in [2.24, 2.45) is 0 Å². The summed E-state index contributed by atoms with van der Waals surface area (Å²) in [6.07, 6.45) is 0. The molecule has 62 valence electrons. The van der Waals surface area contributed by atoms with E-state index in [2.05, 4.69) is 13.8 Å². The van der Waals surface area contributed by atoms with Gasteiger partial charge in [0.05, 0.1) is 0 Å². The summed E-state index contributed by atoms with van der Waals surface area (Å²) < 4.78 is 0. The minimum atomic E-state index is 0. The van der Waals surface area contributed by atoms with E-state index in [9.17, 15) is 5.11 Å². The summed E-state index contributed by atoms with van der Waals surface area (Å²) in [6.45, 7) is 6.12. The van der Waals surface area contributed by atoms with E-state index in [1.807, 2.05) is 19.1 Å². The number of hydrogen-bond acceptors (Lipinski definition) is 1. The van der Waals surface area contributed by atoms with Gasteiger partial charge in [-0.1, -0.05) is 26.0 Å². The van der Waals surface area contributed by atoms with Crippen LogP contribution in [0.3, 0.4) is 0 Å². The summed E-state index contributed by atoms with van der Waals surface area (Å²) in [6, 6.07) is 5.81. The molecule has 1 rings (SSSR count). The quantitative estimate of drug-likeness (QED) is 0.615. The van der Waals surface area contributed by atoms with Crippen LogP contribution < -0.4 is 51.4 Å². The molecular formula is C10H15KO. The van der Waals surface area contributed by atoms with Crippen molar-refractivity contribution in [1.29, 1.82) is 0 Å². The number of rotatable bonds is 1. The van der Waals surface area contributed by atoms with Crippen molar-refractivity contribution in [3.63, 3.8) is 0 Å². The average Bonchev–Trinajstić information content (AvgIpc) is 1.85. The zero-order valence-corrected chi connectivity index (χ0v) is 11.4. The Morgan fingerprint density at radius 2 is 1.92 bits per heavy atom. The van der Waals surface area contributed by atoms with Crippen LogP contribution in [0.1, 0.15) is 32.3 Å². The molecule has 0 aliphatic rings. The van der Waals surface area contributed by atoms with E-state index < -0.39 is 0 Å². The maximum Gasteiger partial charge on any atom is 1.00 e. The second kappa shape index (κ2) is 5.40. The molecule has 0 heterocycles. The molecule has 0 aliphatic heterocycles. The molecule has 0 spiro atoms. The molecule has 0 bridgehead atoms.